The van der Waals surface area contributed by atoms with Crippen LogP contribution in [0.1, 0.15) is 44.2 Å². The molecule has 0 saturated carbocycles. The number of rotatable bonds is 3. The zero-order valence-corrected chi connectivity index (χ0v) is 18.7. The topological polar surface area (TPSA) is 66.9 Å². The number of halogens is 3. The third-order valence-corrected chi connectivity index (χ3v) is 8.85. The number of ether oxygens (including phenoxy) is 1. The van der Waals surface area contributed by atoms with Crippen LogP contribution in [0.25, 0.3) is 0 Å². The first kappa shape index (κ1) is 22.4. The minimum atomic E-state index is -3.92. The fourth-order valence-corrected chi connectivity index (χ4v) is 6.86. The molecule has 2 aromatic carbocycles. The molecule has 0 aromatic heterocycles. The first-order chi connectivity index (χ1) is 15.5. The summed E-state index contributed by atoms with van der Waals surface area (Å²) in [6.07, 6.45) is 1.27. The lowest BCUT2D eigenvalue weighted by molar-refractivity contribution is -0.146. The molecule has 3 saturated heterocycles. The van der Waals surface area contributed by atoms with Gasteiger partial charge in [-0.2, -0.15) is 4.31 Å². The van der Waals surface area contributed by atoms with E-state index in [0.29, 0.717) is 18.4 Å². The van der Waals surface area contributed by atoms with E-state index in [0.717, 1.165) is 12.1 Å². The lowest BCUT2D eigenvalue weighted by Gasteiger charge is -2.37. The van der Waals surface area contributed by atoms with Crippen molar-refractivity contribution < 1.29 is 31.1 Å². The second-order valence-electron chi connectivity index (χ2n) is 9.07. The van der Waals surface area contributed by atoms with Crippen LogP contribution in [0.2, 0.25) is 0 Å². The van der Waals surface area contributed by atoms with E-state index in [1.807, 2.05) is 0 Å². The van der Waals surface area contributed by atoms with E-state index < -0.39 is 44.8 Å². The lowest BCUT2D eigenvalue weighted by Crippen LogP contribution is -2.51. The van der Waals surface area contributed by atoms with Crippen molar-refractivity contribution in [3.8, 4) is 0 Å². The molecular weight excluding hydrogens is 457 g/mol. The Hall–Kier alpha value is -2.43. The number of sulfonamides is 1. The van der Waals surface area contributed by atoms with Crippen molar-refractivity contribution in [2.75, 3.05) is 13.1 Å². The van der Waals surface area contributed by atoms with Gasteiger partial charge in [0.15, 0.2) is 5.60 Å². The average Bonchev–Trinajstić information content (AvgIpc) is 3.18. The zero-order valence-electron chi connectivity index (χ0n) is 17.9. The predicted molar refractivity (Wildman–Crippen MR) is 112 cm³/mol. The second-order valence-corrected chi connectivity index (χ2v) is 11.0. The molecule has 3 heterocycles. The summed E-state index contributed by atoms with van der Waals surface area (Å²) in [6, 6.07) is 7.53. The number of hydrogen-bond donors (Lipinski definition) is 0. The van der Waals surface area contributed by atoms with Crippen LogP contribution >= 0.6 is 0 Å². The number of carbonyl (C=O) groups is 1. The van der Waals surface area contributed by atoms with Gasteiger partial charge >= 0.3 is 0 Å². The smallest absolute Gasteiger partial charge is 0.257 e. The molecule has 1 spiro atoms. The Morgan fingerprint density at radius 2 is 1.64 bits per heavy atom. The Labute approximate surface area is 190 Å². The summed E-state index contributed by atoms with van der Waals surface area (Å²) in [5, 5.41) is 0. The standard InChI is InChI=1S/C23H23F3N2O4S/c1-22-6-5-20(15-11-17(25)13-18(26)12-15)28(22)21(29)23(32-22)7-9-27(10-8-23)33(30,31)19-4-2-3-16(24)14-19/h2-4,11-14,20H,5-10H2,1H3/t20-,22+/m0/s1. The van der Waals surface area contributed by atoms with E-state index in [9.17, 15) is 26.4 Å². The number of nitrogens with zero attached hydrogens (tertiary/aromatic N) is 2. The molecule has 1 amide bonds. The van der Waals surface area contributed by atoms with Gasteiger partial charge in [-0.15, -0.1) is 0 Å². The molecule has 5 rings (SSSR count). The largest absolute Gasteiger partial charge is 0.339 e. The molecule has 3 aliphatic rings. The molecule has 0 N–H and O–H groups in total. The van der Waals surface area contributed by atoms with E-state index >= 15 is 0 Å². The van der Waals surface area contributed by atoms with E-state index in [2.05, 4.69) is 0 Å². The van der Waals surface area contributed by atoms with Crippen LogP contribution in [0, 0.1) is 17.5 Å². The lowest BCUT2D eigenvalue weighted by atomic mass is 9.90. The normalized spacial score (nSPS) is 27.3. The highest BCUT2D eigenvalue weighted by Crippen LogP contribution is 2.53. The van der Waals surface area contributed by atoms with Crippen LogP contribution in [0.3, 0.4) is 0 Å². The summed E-state index contributed by atoms with van der Waals surface area (Å²) < 4.78 is 74.6. The van der Waals surface area contributed by atoms with Gasteiger partial charge < -0.3 is 9.64 Å². The molecule has 33 heavy (non-hydrogen) atoms. The van der Waals surface area contributed by atoms with E-state index in [1.165, 1.54) is 34.6 Å². The van der Waals surface area contributed by atoms with Gasteiger partial charge in [0.1, 0.15) is 23.2 Å². The van der Waals surface area contributed by atoms with Gasteiger partial charge in [0.2, 0.25) is 10.0 Å². The summed E-state index contributed by atoms with van der Waals surface area (Å²) in [4.78, 5) is 15.0. The van der Waals surface area contributed by atoms with Crippen LogP contribution < -0.4 is 0 Å². The molecule has 176 valence electrons. The Kier molecular flexibility index (Phi) is 5.11. The molecule has 10 heteroatoms. The number of carbonyl (C=O) groups excluding carboxylic acids is 1. The fourth-order valence-electron chi connectivity index (χ4n) is 5.39. The SMILES string of the molecule is C[C@@]12CC[C@@H](c3cc(F)cc(F)c3)N1C(=O)C1(CCN(S(=O)(=O)c3cccc(F)c3)CC1)O2. The van der Waals surface area contributed by atoms with Gasteiger partial charge in [-0.3, -0.25) is 4.79 Å². The van der Waals surface area contributed by atoms with Crippen molar-refractivity contribution in [1.82, 2.24) is 9.21 Å². The quantitative estimate of drug-likeness (QED) is 0.672. The first-order valence-electron chi connectivity index (χ1n) is 10.8. The third-order valence-electron chi connectivity index (χ3n) is 6.96. The summed E-state index contributed by atoms with van der Waals surface area (Å²) >= 11 is 0. The van der Waals surface area contributed by atoms with Crippen molar-refractivity contribution in [1.29, 1.82) is 0 Å². The molecule has 3 fully saturated rings. The maximum Gasteiger partial charge on any atom is 0.257 e. The second kappa shape index (κ2) is 7.54. The minimum absolute atomic E-state index is 0.0355. The van der Waals surface area contributed by atoms with Crippen LogP contribution in [-0.2, 0) is 19.6 Å². The van der Waals surface area contributed by atoms with Crippen molar-refractivity contribution in [3.63, 3.8) is 0 Å². The maximum absolute atomic E-state index is 13.8. The summed E-state index contributed by atoms with van der Waals surface area (Å²) in [6.45, 7) is 1.85. The number of fused-ring (bicyclic) bond motifs is 1. The maximum atomic E-state index is 13.8. The molecule has 0 unspecified atom stereocenters. The molecule has 0 aliphatic carbocycles. The van der Waals surface area contributed by atoms with Gasteiger partial charge in [0.25, 0.3) is 5.91 Å². The van der Waals surface area contributed by atoms with Gasteiger partial charge in [0, 0.05) is 19.2 Å². The highest BCUT2D eigenvalue weighted by Gasteiger charge is 2.63. The van der Waals surface area contributed by atoms with Gasteiger partial charge in [-0.1, -0.05) is 6.07 Å². The van der Waals surface area contributed by atoms with Crippen molar-refractivity contribution in [2.24, 2.45) is 0 Å². The highest BCUT2D eigenvalue weighted by atomic mass is 32.2. The van der Waals surface area contributed by atoms with E-state index in [1.54, 1.807) is 11.8 Å². The summed E-state index contributed by atoms with van der Waals surface area (Å²) in [5.41, 5.74) is -1.77. The molecular formula is C23H23F3N2O4S. The summed E-state index contributed by atoms with van der Waals surface area (Å²) in [5.74, 6) is -2.36. The molecule has 2 atom stereocenters. The first-order valence-corrected chi connectivity index (χ1v) is 12.2. The van der Waals surface area contributed by atoms with Gasteiger partial charge in [0.05, 0.1) is 10.9 Å². The molecule has 0 bridgehead atoms. The van der Waals surface area contributed by atoms with Crippen LogP contribution in [-0.4, -0.2) is 47.9 Å². The molecule has 6 nitrogen and oxygen atoms in total. The molecule has 2 aromatic rings. The van der Waals surface area contributed by atoms with Crippen LogP contribution in [0.5, 0.6) is 0 Å². The van der Waals surface area contributed by atoms with Crippen LogP contribution in [0.15, 0.2) is 47.4 Å². The number of piperidine rings is 1. The molecule has 0 radical (unpaired) electrons. The Bertz CT molecular complexity index is 1210. The van der Waals surface area contributed by atoms with E-state index in [4.69, 9.17) is 4.74 Å². The van der Waals surface area contributed by atoms with E-state index in [-0.39, 0.29) is 36.7 Å². The van der Waals surface area contributed by atoms with Crippen LogP contribution in [0.4, 0.5) is 13.2 Å². The highest BCUT2D eigenvalue weighted by molar-refractivity contribution is 7.89. The van der Waals surface area contributed by atoms with Crippen molar-refractivity contribution in [3.05, 3.63) is 65.5 Å². The monoisotopic (exact) mass is 480 g/mol. The van der Waals surface area contributed by atoms with Crippen molar-refractivity contribution in [2.45, 2.75) is 54.9 Å². The Morgan fingerprint density at radius 3 is 2.27 bits per heavy atom. The minimum Gasteiger partial charge on any atom is -0.339 e. The fraction of sp³-hybridized carbons (Fsp3) is 0.435. The van der Waals surface area contributed by atoms with Gasteiger partial charge in [-0.25, -0.2) is 21.6 Å². The third kappa shape index (κ3) is 3.55. The Balaban J connectivity index is 1.38. The Morgan fingerprint density at radius 1 is 0.970 bits per heavy atom. The number of amides is 1. The van der Waals surface area contributed by atoms with Gasteiger partial charge in [-0.05, 0) is 68.5 Å². The zero-order chi connectivity index (χ0) is 23.6. The average molecular weight is 481 g/mol. The predicted octanol–water partition coefficient (Wildman–Crippen LogP) is 3.74. The number of benzene rings is 2. The molecule has 3 aliphatic heterocycles. The summed E-state index contributed by atoms with van der Waals surface area (Å²) in [7, 11) is -3.92. The number of hydrogen-bond acceptors (Lipinski definition) is 4. The van der Waals surface area contributed by atoms with Crippen molar-refractivity contribution >= 4 is 15.9 Å².